The molecule has 2 aromatic carbocycles. The van der Waals surface area contributed by atoms with Crippen molar-refractivity contribution in [2.75, 3.05) is 24.5 Å². The number of carbonyl (C=O) groups is 1. The summed E-state index contributed by atoms with van der Waals surface area (Å²) in [7, 11) is 0. The van der Waals surface area contributed by atoms with Crippen LogP contribution in [0.3, 0.4) is 0 Å². The quantitative estimate of drug-likeness (QED) is 0.641. The number of aromatic nitrogens is 2. The summed E-state index contributed by atoms with van der Waals surface area (Å²) >= 11 is 0. The van der Waals surface area contributed by atoms with Crippen LogP contribution in [0.2, 0.25) is 0 Å². The Balaban J connectivity index is 1.62. The smallest absolute Gasteiger partial charge is 0.243 e. The second-order valence-corrected chi connectivity index (χ2v) is 8.86. The highest BCUT2D eigenvalue weighted by Gasteiger charge is 2.31. The van der Waals surface area contributed by atoms with Gasteiger partial charge in [0.05, 0.1) is 17.1 Å². The highest BCUT2D eigenvalue weighted by Crippen LogP contribution is 2.31. The molecule has 4 rings (SSSR count). The van der Waals surface area contributed by atoms with Gasteiger partial charge >= 0.3 is 0 Å². The lowest BCUT2D eigenvalue weighted by molar-refractivity contribution is -0.121. The highest BCUT2D eigenvalue weighted by molar-refractivity contribution is 5.88. The van der Waals surface area contributed by atoms with Crippen LogP contribution in [-0.4, -0.2) is 35.5 Å². The first-order valence-corrected chi connectivity index (χ1v) is 11.3. The number of benzene rings is 2. The van der Waals surface area contributed by atoms with Crippen molar-refractivity contribution < 1.29 is 4.79 Å². The van der Waals surface area contributed by atoms with E-state index in [1.165, 1.54) is 0 Å². The van der Waals surface area contributed by atoms with Gasteiger partial charge < -0.3 is 10.2 Å². The number of hydrogen-bond acceptors (Lipinski definition) is 5. The fourth-order valence-electron chi connectivity index (χ4n) is 4.59. The monoisotopic (exact) mass is 427 g/mol. The predicted octanol–water partition coefficient (Wildman–Crippen LogP) is 4.08. The minimum Gasteiger partial charge on any atom is -0.355 e. The van der Waals surface area contributed by atoms with Gasteiger partial charge in [-0.1, -0.05) is 56.3 Å². The molecule has 164 valence electrons. The lowest BCUT2D eigenvalue weighted by Gasteiger charge is -2.36. The van der Waals surface area contributed by atoms with Crippen molar-refractivity contribution in [2.45, 2.75) is 32.6 Å². The number of fused-ring (bicyclic) bond motifs is 1. The van der Waals surface area contributed by atoms with Gasteiger partial charge in [0.25, 0.3) is 0 Å². The van der Waals surface area contributed by atoms with Crippen molar-refractivity contribution in [3.05, 3.63) is 65.9 Å². The van der Waals surface area contributed by atoms with Crippen LogP contribution in [0.1, 0.15) is 37.4 Å². The molecule has 0 unspecified atom stereocenters. The summed E-state index contributed by atoms with van der Waals surface area (Å²) < 4.78 is 0. The van der Waals surface area contributed by atoms with Crippen molar-refractivity contribution in [3.8, 4) is 6.07 Å². The Morgan fingerprint density at radius 2 is 1.69 bits per heavy atom. The summed E-state index contributed by atoms with van der Waals surface area (Å²) in [6, 6.07) is 19.8. The average Bonchev–Trinajstić information content (AvgIpc) is 2.79. The number of carbonyl (C=O) groups excluding carboxylic acids is 1. The lowest BCUT2D eigenvalue weighted by Crippen LogP contribution is -2.40. The van der Waals surface area contributed by atoms with Crippen LogP contribution >= 0.6 is 0 Å². The summed E-state index contributed by atoms with van der Waals surface area (Å²) in [5.41, 5.74) is 3.06. The normalized spacial score (nSPS) is 19.3. The molecule has 1 N–H and O–H groups in total. The number of hydrogen-bond donors (Lipinski definition) is 1. The summed E-state index contributed by atoms with van der Waals surface area (Å²) in [5, 5.41) is 12.9. The number of piperidine rings is 1. The lowest BCUT2D eigenvalue weighted by atomic mass is 9.91. The SMILES string of the molecule is C[C@@H]1C[C@H](C)CN(c2nc3ccccc3nc2[C@H](C#N)C(=O)NCCc2ccccc2)C1. The summed E-state index contributed by atoms with van der Waals surface area (Å²) in [5.74, 6) is 0.352. The molecule has 1 aromatic heterocycles. The minimum absolute atomic E-state index is 0.327. The van der Waals surface area contributed by atoms with Crippen molar-refractivity contribution in [2.24, 2.45) is 11.8 Å². The number of nitrogens with one attached hydrogen (secondary N) is 1. The standard InChI is InChI=1S/C26H29N5O/c1-18-14-19(2)17-31(16-18)25-24(29-22-10-6-7-11-23(22)30-25)21(15-27)26(32)28-13-12-20-8-4-3-5-9-20/h3-11,18-19,21H,12-14,16-17H2,1-2H3,(H,28,32)/t18-,19+,21-/m0/s1. The Hall–Kier alpha value is -3.46. The number of para-hydroxylation sites is 2. The molecule has 1 aliphatic rings. The van der Waals surface area contributed by atoms with Gasteiger partial charge in [-0.05, 0) is 42.4 Å². The van der Waals surface area contributed by atoms with Crippen LogP contribution < -0.4 is 10.2 Å². The van der Waals surface area contributed by atoms with E-state index in [0.29, 0.717) is 41.8 Å². The predicted molar refractivity (Wildman–Crippen MR) is 126 cm³/mol. The van der Waals surface area contributed by atoms with E-state index < -0.39 is 5.92 Å². The van der Waals surface area contributed by atoms with E-state index >= 15 is 0 Å². The molecule has 6 heteroatoms. The summed E-state index contributed by atoms with van der Waals surface area (Å²) in [6.45, 7) is 6.62. The number of amides is 1. The molecule has 0 spiro atoms. The molecule has 0 aliphatic carbocycles. The van der Waals surface area contributed by atoms with Crippen LogP contribution in [0.5, 0.6) is 0 Å². The van der Waals surface area contributed by atoms with Gasteiger partial charge in [-0.3, -0.25) is 4.79 Å². The Morgan fingerprint density at radius 3 is 2.34 bits per heavy atom. The molecule has 0 bridgehead atoms. The maximum absolute atomic E-state index is 13.0. The molecule has 6 nitrogen and oxygen atoms in total. The maximum atomic E-state index is 13.0. The average molecular weight is 428 g/mol. The molecule has 1 fully saturated rings. The molecule has 32 heavy (non-hydrogen) atoms. The third-order valence-corrected chi connectivity index (χ3v) is 5.97. The molecular weight excluding hydrogens is 398 g/mol. The second kappa shape index (κ2) is 9.78. The van der Waals surface area contributed by atoms with E-state index in [0.717, 1.165) is 30.6 Å². The number of anilines is 1. The maximum Gasteiger partial charge on any atom is 0.243 e. The fourth-order valence-corrected chi connectivity index (χ4v) is 4.59. The Labute approximate surface area is 189 Å². The van der Waals surface area contributed by atoms with Gasteiger partial charge in [0.15, 0.2) is 11.7 Å². The Kier molecular flexibility index (Phi) is 6.65. The van der Waals surface area contributed by atoms with Crippen LogP contribution in [0.25, 0.3) is 11.0 Å². The van der Waals surface area contributed by atoms with Gasteiger partial charge in [-0.2, -0.15) is 5.26 Å². The van der Waals surface area contributed by atoms with E-state index in [4.69, 9.17) is 9.97 Å². The largest absolute Gasteiger partial charge is 0.355 e. The van der Waals surface area contributed by atoms with Crippen molar-refractivity contribution in [1.29, 1.82) is 5.26 Å². The number of rotatable bonds is 6. The zero-order valence-corrected chi connectivity index (χ0v) is 18.7. The molecular formula is C26H29N5O. The molecule has 0 saturated carbocycles. The van der Waals surface area contributed by atoms with E-state index in [2.05, 4.69) is 30.1 Å². The third kappa shape index (κ3) is 4.88. The molecule has 1 saturated heterocycles. The summed E-state index contributed by atoms with van der Waals surface area (Å²) in [4.78, 5) is 24.9. The van der Waals surface area contributed by atoms with Gasteiger partial charge in [-0.25, -0.2) is 9.97 Å². The van der Waals surface area contributed by atoms with Gasteiger partial charge in [0.2, 0.25) is 5.91 Å². The van der Waals surface area contributed by atoms with Crippen LogP contribution in [0, 0.1) is 23.2 Å². The Morgan fingerprint density at radius 1 is 1.06 bits per heavy atom. The third-order valence-electron chi connectivity index (χ3n) is 5.97. The minimum atomic E-state index is -1.01. The molecule has 0 radical (unpaired) electrons. The fraction of sp³-hybridized carbons (Fsp3) is 0.385. The number of nitriles is 1. The first-order chi connectivity index (χ1) is 15.5. The van der Waals surface area contributed by atoms with E-state index in [-0.39, 0.29) is 5.91 Å². The zero-order valence-electron chi connectivity index (χ0n) is 18.7. The molecule has 1 amide bonds. The van der Waals surface area contributed by atoms with Crippen molar-refractivity contribution in [1.82, 2.24) is 15.3 Å². The first kappa shape index (κ1) is 21.8. The van der Waals surface area contributed by atoms with E-state index in [1.807, 2.05) is 54.6 Å². The molecule has 3 aromatic rings. The van der Waals surface area contributed by atoms with Crippen molar-refractivity contribution >= 4 is 22.8 Å². The molecule has 3 atom stereocenters. The van der Waals surface area contributed by atoms with E-state index in [1.54, 1.807) is 0 Å². The second-order valence-electron chi connectivity index (χ2n) is 8.86. The van der Waals surface area contributed by atoms with Gasteiger partial charge in [-0.15, -0.1) is 0 Å². The topological polar surface area (TPSA) is 81.9 Å². The highest BCUT2D eigenvalue weighted by atomic mass is 16.1. The van der Waals surface area contributed by atoms with E-state index in [9.17, 15) is 10.1 Å². The molecule has 2 heterocycles. The molecule has 1 aliphatic heterocycles. The van der Waals surface area contributed by atoms with Crippen LogP contribution in [-0.2, 0) is 11.2 Å². The van der Waals surface area contributed by atoms with Gasteiger partial charge in [0, 0.05) is 19.6 Å². The Bertz CT molecular complexity index is 1110. The summed E-state index contributed by atoms with van der Waals surface area (Å²) in [6.07, 6.45) is 1.87. The van der Waals surface area contributed by atoms with Gasteiger partial charge in [0.1, 0.15) is 5.69 Å². The van der Waals surface area contributed by atoms with Crippen LogP contribution in [0.4, 0.5) is 5.82 Å². The number of nitrogens with zero attached hydrogens (tertiary/aromatic N) is 4. The van der Waals surface area contributed by atoms with Crippen LogP contribution in [0.15, 0.2) is 54.6 Å². The first-order valence-electron chi connectivity index (χ1n) is 11.3. The zero-order chi connectivity index (χ0) is 22.5. The van der Waals surface area contributed by atoms with Crippen molar-refractivity contribution in [3.63, 3.8) is 0 Å².